The molecule has 0 aromatic carbocycles. The molecule has 5 N–H and O–H groups in total. The Morgan fingerprint density at radius 2 is 1.44 bits per heavy atom. The van der Waals surface area contributed by atoms with Gasteiger partial charge in [0.1, 0.15) is 0 Å². The molecule has 0 saturated heterocycles. The first-order valence-electron chi connectivity index (χ1n) is 1.59. The van der Waals surface area contributed by atoms with Crippen molar-refractivity contribution in [3.05, 3.63) is 0 Å². The van der Waals surface area contributed by atoms with Crippen molar-refractivity contribution < 1.29 is 35.1 Å². The molecular weight excluding hydrogens is 135 g/mol. The zero-order chi connectivity index (χ0) is 7.86. The van der Waals surface area contributed by atoms with Gasteiger partial charge in [-0.1, -0.05) is 0 Å². The minimum absolute atomic E-state index is 1.69. The highest BCUT2D eigenvalue weighted by molar-refractivity contribution is 6.30. The molecule has 0 spiro atoms. The molecule has 0 amide bonds. The summed E-state index contributed by atoms with van der Waals surface area (Å²) in [7, 11) is -2.17. The van der Waals surface area contributed by atoms with Gasteiger partial charge in [0.2, 0.25) is 0 Å². The van der Waals surface area contributed by atoms with Crippen LogP contribution in [0.3, 0.4) is 0 Å². The lowest BCUT2D eigenvalue weighted by Gasteiger charge is -1.75. The zero-order valence-electron chi connectivity index (χ0n) is 4.13. The van der Waals surface area contributed by atoms with E-state index in [0.29, 0.717) is 0 Å². The molecule has 9 heavy (non-hydrogen) atoms. The van der Waals surface area contributed by atoms with Crippen LogP contribution in [0.15, 0.2) is 0 Å². The van der Waals surface area contributed by atoms with E-state index in [1.807, 2.05) is 0 Å². The van der Waals surface area contributed by atoms with E-state index in [2.05, 4.69) is 4.89 Å². The van der Waals surface area contributed by atoms with Crippen molar-refractivity contribution in [2.45, 2.75) is 0 Å². The SMILES string of the molecule is O=C(O)OO.OB(O)O. The average molecular weight is 140 g/mol. The molecule has 0 saturated carbocycles. The summed E-state index contributed by atoms with van der Waals surface area (Å²) >= 11 is 0. The van der Waals surface area contributed by atoms with E-state index >= 15 is 0 Å². The molecule has 0 atom stereocenters. The predicted octanol–water partition coefficient (Wildman–Crippen LogP) is -1.90. The van der Waals surface area contributed by atoms with Crippen molar-refractivity contribution in [3.63, 3.8) is 0 Å². The monoisotopic (exact) mass is 140 g/mol. The molecule has 0 aliphatic heterocycles. The quantitative estimate of drug-likeness (QED) is 0.151. The Labute approximate surface area is 49.8 Å². The van der Waals surface area contributed by atoms with E-state index in [0.717, 1.165) is 0 Å². The van der Waals surface area contributed by atoms with Crippen LogP contribution in [0, 0.1) is 0 Å². The topological polar surface area (TPSA) is 127 Å². The zero-order valence-corrected chi connectivity index (χ0v) is 4.13. The minimum atomic E-state index is -2.17. The lowest BCUT2D eigenvalue weighted by Crippen LogP contribution is -2.07. The normalized spacial score (nSPS) is 6.67. The van der Waals surface area contributed by atoms with Gasteiger partial charge in [-0.2, -0.15) is 5.26 Å². The number of carbonyl (C=O) groups is 1. The molecule has 0 radical (unpaired) electrons. The largest absolute Gasteiger partial charge is 0.631 e. The third kappa shape index (κ3) is 139. The Morgan fingerprint density at radius 3 is 1.44 bits per heavy atom. The summed E-state index contributed by atoms with van der Waals surface area (Å²) in [6.45, 7) is 0. The maximum atomic E-state index is 8.90. The molecule has 0 heterocycles. The molecule has 0 aromatic rings. The Kier molecular flexibility index (Phi) is 8.80. The summed E-state index contributed by atoms with van der Waals surface area (Å²) in [4.78, 5) is 11.6. The van der Waals surface area contributed by atoms with Crippen LogP contribution in [-0.2, 0) is 4.89 Å². The predicted molar refractivity (Wildman–Crippen MR) is 24.1 cm³/mol. The molecular formula is CH5BO7. The van der Waals surface area contributed by atoms with Gasteiger partial charge in [-0.15, -0.1) is 0 Å². The highest BCUT2D eigenvalue weighted by Crippen LogP contribution is 1.59. The summed E-state index contributed by atoms with van der Waals surface area (Å²) in [6, 6.07) is 0. The van der Waals surface area contributed by atoms with Gasteiger partial charge in [0, 0.05) is 0 Å². The summed E-state index contributed by atoms with van der Waals surface area (Å²) in [5.41, 5.74) is 0. The van der Waals surface area contributed by atoms with Gasteiger partial charge in [-0.25, -0.2) is 4.79 Å². The first kappa shape index (κ1) is 11.0. The first-order chi connectivity index (χ1) is 4.00. The van der Waals surface area contributed by atoms with Gasteiger partial charge >= 0.3 is 13.5 Å². The van der Waals surface area contributed by atoms with Crippen LogP contribution in [-0.4, -0.2) is 38.9 Å². The molecule has 0 fully saturated rings. The van der Waals surface area contributed by atoms with Crippen LogP contribution in [0.1, 0.15) is 0 Å². The van der Waals surface area contributed by atoms with Crippen LogP contribution in [0.4, 0.5) is 4.79 Å². The van der Waals surface area contributed by atoms with Gasteiger partial charge in [-0.05, 0) is 0 Å². The first-order valence-corrected chi connectivity index (χ1v) is 1.59. The maximum absolute atomic E-state index is 8.90. The summed E-state index contributed by atoms with van der Waals surface area (Å²) in [5, 5.41) is 35.8. The van der Waals surface area contributed by atoms with Crippen molar-refractivity contribution >= 4 is 13.5 Å². The van der Waals surface area contributed by atoms with Gasteiger partial charge in [0.05, 0.1) is 0 Å². The fraction of sp³-hybridized carbons (Fsp3) is 0. The fourth-order valence-corrected chi connectivity index (χ4v) is 0. The molecule has 0 aliphatic carbocycles. The Morgan fingerprint density at radius 1 is 1.33 bits per heavy atom. The second-order valence-corrected chi connectivity index (χ2v) is 0.704. The highest BCUT2D eigenvalue weighted by atomic mass is 17.1. The molecule has 0 aliphatic rings. The van der Waals surface area contributed by atoms with Crippen LogP contribution < -0.4 is 0 Å². The van der Waals surface area contributed by atoms with Crippen molar-refractivity contribution in [1.29, 1.82) is 0 Å². The smallest absolute Gasteiger partial charge is 0.448 e. The fourth-order valence-electron chi connectivity index (χ4n) is 0. The molecule has 7 nitrogen and oxygen atoms in total. The number of carboxylic acid groups (broad SMARTS) is 1. The number of hydrogen-bond acceptors (Lipinski definition) is 6. The second-order valence-electron chi connectivity index (χ2n) is 0.704. The van der Waals surface area contributed by atoms with E-state index in [-0.39, 0.29) is 0 Å². The lowest BCUT2D eigenvalue weighted by atomic mass is 10.3. The molecule has 54 valence electrons. The van der Waals surface area contributed by atoms with Crippen molar-refractivity contribution in [3.8, 4) is 0 Å². The average Bonchev–Trinajstić information content (AvgIpc) is 1.65. The molecule has 0 unspecified atom stereocenters. The number of rotatable bonds is 0. The van der Waals surface area contributed by atoms with E-state index in [4.69, 9.17) is 30.2 Å². The molecule has 8 heteroatoms. The molecule has 0 aromatic heterocycles. The van der Waals surface area contributed by atoms with Crippen LogP contribution in [0.5, 0.6) is 0 Å². The third-order valence-corrected chi connectivity index (χ3v) is 0.0781. The maximum Gasteiger partial charge on any atom is 0.631 e. The van der Waals surface area contributed by atoms with E-state index in [9.17, 15) is 0 Å². The summed E-state index contributed by atoms with van der Waals surface area (Å²) in [5.74, 6) is 0. The van der Waals surface area contributed by atoms with Crippen LogP contribution in [0.2, 0.25) is 0 Å². The van der Waals surface area contributed by atoms with E-state index in [1.165, 1.54) is 0 Å². The Balaban J connectivity index is 0. The highest BCUT2D eigenvalue weighted by Gasteiger charge is 1.92. The second kappa shape index (κ2) is 7.17. The lowest BCUT2D eigenvalue weighted by molar-refractivity contribution is -0.194. The standard InChI is InChI=1S/CH2O4.BH3O3/c2-1(3)5-4;2-1(3)4/h4H,(H,2,3);2-4H. The van der Waals surface area contributed by atoms with E-state index < -0.39 is 13.5 Å². The number of hydrogen-bond donors (Lipinski definition) is 5. The van der Waals surface area contributed by atoms with Gasteiger partial charge < -0.3 is 20.2 Å². The third-order valence-electron chi connectivity index (χ3n) is 0.0781. The van der Waals surface area contributed by atoms with Crippen molar-refractivity contribution in [2.24, 2.45) is 0 Å². The molecule has 0 bridgehead atoms. The van der Waals surface area contributed by atoms with Gasteiger partial charge in [-0.3, -0.25) is 4.89 Å². The van der Waals surface area contributed by atoms with E-state index in [1.54, 1.807) is 0 Å². The van der Waals surface area contributed by atoms with Gasteiger partial charge in [0.25, 0.3) is 0 Å². The summed E-state index contributed by atoms with van der Waals surface area (Å²) in [6.07, 6.45) is -1.69. The van der Waals surface area contributed by atoms with Crippen LogP contribution >= 0.6 is 0 Å². The van der Waals surface area contributed by atoms with Crippen LogP contribution in [0.25, 0.3) is 0 Å². The Hall–Kier alpha value is -0.825. The van der Waals surface area contributed by atoms with Gasteiger partial charge in [0.15, 0.2) is 0 Å². The van der Waals surface area contributed by atoms with Crippen molar-refractivity contribution in [1.82, 2.24) is 0 Å². The molecule has 0 rings (SSSR count). The Bertz CT molecular complexity index is 66.6. The summed E-state index contributed by atoms with van der Waals surface area (Å²) < 4.78 is 0. The minimum Gasteiger partial charge on any atom is -0.448 e. The van der Waals surface area contributed by atoms with Crippen molar-refractivity contribution in [2.75, 3.05) is 0 Å².